The van der Waals surface area contributed by atoms with E-state index in [0.29, 0.717) is 18.8 Å². The summed E-state index contributed by atoms with van der Waals surface area (Å²) in [5, 5.41) is 9.04. The van der Waals surface area contributed by atoms with Gasteiger partial charge in [0.1, 0.15) is 0 Å². The second-order valence-electron chi connectivity index (χ2n) is 4.61. The normalized spacial score (nSPS) is 11.7. The summed E-state index contributed by atoms with van der Waals surface area (Å²) in [6, 6.07) is 4.16. The molecule has 1 rings (SSSR count). The minimum absolute atomic E-state index is 0.0840. The number of anilines is 1. The summed E-state index contributed by atoms with van der Waals surface area (Å²) in [5.74, 6) is 0. The fourth-order valence-electron chi connectivity index (χ4n) is 2.04. The second kappa shape index (κ2) is 7.50. The molecule has 0 saturated heterocycles. The minimum Gasteiger partial charge on any atom is -0.395 e. The number of aliphatic hydroxyl groups excluding tert-OH is 1. The lowest BCUT2D eigenvalue weighted by Gasteiger charge is -2.25. The summed E-state index contributed by atoms with van der Waals surface area (Å²) in [5.41, 5.74) is 5.21. The van der Waals surface area contributed by atoms with E-state index in [1.54, 1.807) is 11.0 Å². The van der Waals surface area contributed by atoms with E-state index in [2.05, 4.69) is 0 Å². The number of aliphatic hydroxyl groups is 1. The van der Waals surface area contributed by atoms with Gasteiger partial charge in [0.2, 0.25) is 0 Å². The van der Waals surface area contributed by atoms with Crippen molar-refractivity contribution in [1.82, 2.24) is 0 Å². The SMILES string of the molecule is CCCCN(CCO)c1ccc(CN)c(C(F)(F)F)c1. The molecule has 1 aromatic carbocycles. The predicted molar refractivity (Wildman–Crippen MR) is 73.5 cm³/mol. The van der Waals surface area contributed by atoms with Crippen LogP contribution in [0, 0.1) is 0 Å². The predicted octanol–water partition coefficient (Wildman–Crippen LogP) is 2.76. The lowest BCUT2D eigenvalue weighted by atomic mass is 10.1. The van der Waals surface area contributed by atoms with E-state index in [-0.39, 0.29) is 18.7 Å². The maximum absolute atomic E-state index is 13.0. The maximum Gasteiger partial charge on any atom is 0.416 e. The molecule has 114 valence electrons. The summed E-state index contributed by atoms with van der Waals surface area (Å²) in [4.78, 5) is 1.76. The molecule has 0 aliphatic carbocycles. The van der Waals surface area contributed by atoms with Crippen LogP contribution in [0.1, 0.15) is 30.9 Å². The Kier molecular flexibility index (Phi) is 6.29. The Bertz CT molecular complexity index is 421. The number of hydrogen-bond donors (Lipinski definition) is 2. The van der Waals surface area contributed by atoms with E-state index < -0.39 is 11.7 Å². The highest BCUT2D eigenvalue weighted by molar-refractivity contribution is 5.52. The van der Waals surface area contributed by atoms with Gasteiger partial charge in [-0.05, 0) is 24.1 Å². The number of unbranched alkanes of at least 4 members (excludes halogenated alkanes) is 1. The molecule has 3 nitrogen and oxygen atoms in total. The molecule has 20 heavy (non-hydrogen) atoms. The molecular formula is C14H21F3N2O. The van der Waals surface area contributed by atoms with Crippen LogP contribution in [-0.4, -0.2) is 24.8 Å². The summed E-state index contributed by atoms with van der Waals surface area (Å²) in [6.07, 6.45) is -2.62. The summed E-state index contributed by atoms with van der Waals surface area (Å²) >= 11 is 0. The molecular weight excluding hydrogens is 269 g/mol. The maximum atomic E-state index is 13.0. The second-order valence-corrected chi connectivity index (χ2v) is 4.61. The standard InChI is InChI=1S/C14H21F3N2O/c1-2-3-6-19(7-8-20)12-5-4-11(10-18)13(9-12)14(15,16)17/h4-5,9,20H,2-3,6-8,10,18H2,1H3. The third kappa shape index (κ3) is 4.38. The van der Waals surface area contributed by atoms with Gasteiger partial charge in [-0.1, -0.05) is 19.4 Å². The molecule has 0 bridgehead atoms. The van der Waals surface area contributed by atoms with E-state index in [4.69, 9.17) is 10.8 Å². The number of rotatable bonds is 7. The average molecular weight is 290 g/mol. The van der Waals surface area contributed by atoms with Gasteiger partial charge < -0.3 is 15.7 Å². The Balaban J connectivity index is 3.10. The molecule has 1 aromatic rings. The lowest BCUT2D eigenvalue weighted by Crippen LogP contribution is -2.28. The highest BCUT2D eigenvalue weighted by Crippen LogP contribution is 2.34. The minimum atomic E-state index is -4.42. The van der Waals surface area contributed by atoms with E-state index in [0.717, 1.165) is 18.9 Å². The molecule has 6 heteroatoms. The fraction of sp³-hybridized carbons (Fsp3) is 0.571. The van der Waals surface area contributed by atoms with Crippen molar-refractivity contribution in [2.45, 2.75) is 32.5 Å². The zero-order valence-electron chi connectivity index (χ0n) is 11.6. The summed E-state index contributed by atoms with van der Waals surface area (Å²) in [7, 11) is 0. The van der Waals surface area contributed by atoms with Gasteiger partial charge in [-0.25, -0.2) is 0 Å². The van der Waals surface area contributed by atoms with E-state index in [1.807, 2.05) is 6.92 Å². The Morgan fingerprint density at radius 2 is 1.95 bits per heavy atom. The number of nitrogens with two attached hydrogens (primary N) is 1. The molecule has 0 aliphatic rings. The van der Waals surface area contributed by atoms with Crippen LogP contribution in [0.3, 0.4) is 0 Å². The van der Waals surface area contributed by atoms with Crippen molar-refractivity contribution in [3.05, 3.63) is 29.3 Å². The van der Waals surface area contributed by atoms with Crippen LogP contribution >= 0.6 is 0 Å². The van der Waals surface area contributed by atoms with Gasteiger partial charge in [-0.2, -0.15) is 13.2 Å². The molecule has 0 spiro atoms. The van der Waals surface area contributed by atoms with Gasteiger partial charge in [-0.15, -0.1) is 0 Å². The number of alkyl halides is 3. The third-order valence-electron chi connectivity index (χ3n) is 3.14. The van der Waals surface area contributed by atoms with Crippen molar-refractivity contribution in [1.29, 1.82) is 0 Å². The van der Waals surface area contributed by atoms with Gasteiger partial charge in [0.25, 0.3) is 0 Å². The Hall–Kier alpha value is -1.27. The van der Waals surface area contributed by atoms with Gasteiger partial charge >= 0.3 is 6.18 Å². The quantitative estimate of drug-likeness (QED) is 0.812. The van der Waals surface area contributed by atoms with Crippen molar-refractivity contribution in [2.24, 2.45) is 5.73 Å². The highest BCUT2D eigenvalue weighted by Gasteiger charge is 2.33. The van der Waals surface area contributed by atoms with Crippen molar-refractivity contribution in [2.75, 3.05) is 24.6 Å². The number of halogens is 3. The van der Waals surface area contributed by atoms with Crippen LogP contribution in [0.4, 0.5) is 18.9 Å². The molecule has 3 N–H and O–H groups in total. The van der Waals surface area contributed by atoms with Gasteiger partial charge in [0, 0.05) is 25.3 Å². The Labute approximate surface area is 117 Å². The Morgan fingerprint density at radius 1 is 1.25 bits per heavy atom. The molecule has 0 heterocycles. The molecule has 0 fully saturated rings. The molecule has 0 unspecified atom stereocenters. The van der Waals surface area contributed by atoms with E-state index >= 15 is 0 Å². The van der Waals surface area contributed by atoms with Crippen molar-refractivity contribution < 1.29 is 18.3 Å². The van der Waals surface area contributed by atoms with Crippen LogP contribution < -0.4 is 10.6 Å². The van der Waals surface area contributed by atoms with Crippen molar-refractivity contribution >= 4 is 5.69 Å². The van der Waals surface area contributed by atoms with Gasteiger partial charge in [-0.3, -0.25) is 0 Å². The van der Waals surface area contributed by atoms with Crippen molar-refractivity contribution in [3.8, 4) is 0 Å². The van der Waals surface area contributed by atoms with Gasteiger partial charge in [0.15, 0.2) is 0 Å². The molecule has 0 aromatic heterocycles. The zero-order valence-corrected chi connectivity index (χ0v) is 11.6. The molecule has 0 saturated carbocycles. The molecule has 0 amide bonds. The van der Waals surface area contributed by atoms with Crippen molar-refractivity contribution in [3.63, 3.8) is 0 Å². The molecule has 0 radical (unpaired) electrons. The van der Waals surface area contributed by atoms with Crippen LogP contribution in [0.25, 0.3) is 0 Å². The van der Waals surface area contributed by atoms with Crippen LogP contribution in [0.5, 0.6) is 0 Å². The number of nitrogens with zero attached hydrogens (tertiary/aromatic N) is 1. The monoisotopic (exact) mass is 290 g/mol. The largest absolute Gasteiger partial charge is 0.416 e. The van der Waals surface area contributed by atoms with Gasteiger partial charge in [0.05, 0.1) is 12.2 Å². The smallest absolute Gasteiger partial charge is 0.395 e. The topological polar surface area (TPSA) is 49.5 Å². The molecule has 0 atom stereocenters. The summed E-state index contributed by atoms with van der Waals surface area (Å²) < 4.78 is 39.0. The number of benzene rings is 1. The summed E-state index contributed by atoms with van der Waals surface area (Å²) in [6.45, 7) is 2.71. The first-order valence-corrected chi connectivity index (χ1v) is 6.70. The number of hydrogen-bond acceptors (Lipinski definition) is 3. The third-order valence-corrected chi connectivity index (χ3v) is 3.14. The van der Waals surface area contributed by atoms with Crippen LogP contribution in [-0.2, 0) is 12.7 Å². The first kappa shape index (κ1) is 16.8. The highest BCUT2D eigenvalue weighted by atomic mass is 19.4. The van der Waals surface area contributed by atoms with E-state index in [9.17, 15) is 13.2 Å². The molecule has 0 aliphatic heterocycles. The average Bonchev–Trinajstić information content (AvgIpc) is 2.42. The first-order valence-electron chi connectivity index (χ1n) is 6.70. The lowest BCUT2D eigenvalue weighted by molar-refractivity contribution is -0.138. The first-order chi connectivity index (χ1) is 9.43. The fourth-order valence-corrected chi connectivity index (χ4v) is 2.04. The van der Waals surface area contributed by atoms with Crippen LogP contribution in [0.15, 0.2) is 18.2 Å². The van der Waals surface area contributed by atoms with Crippen LogP contribution in [0.2, 0.25) is 0 Å². The Morgan fingerprint density at radius 3 is 2.45 bits per heavy atom. The zero-order chi connectivity index (χ0) is 15.2. The van der Waals surface area contributed by atoms with E-state index in [1.165, 1.54) is 6.07 Å².